The second kappa shape index (κ2) is 10.2. The Morgan fingerprint density at radius 2 is 1.77 bits per heavy atom. The highest BCUT2D eigenvalue weighted by atomic mass is 32.2. The summed E-state index contributed by atoms with van der Waals surface area (Å²) in [5.74, 6) is -0.0145. The van der Waals surface area contributed by atoms with Gasteiger partial charge in [0.05, 0.1) is 12.9 Å². The van der Waals surface area contributed by atoms with Crippen LogP contribution in [0.3, 0.4) is 0 Å². The fourth-order valence-electron chi connectivity index (χ4n) is 3.99. The predicted molar refractivity (Wildman–Crippen MR) is 120 cm³/mol. The Morgan fingerprint density at radius 3 is 2.43 bits per heavy atom. The monoisotopic (exact) mass is 429 g/mol. The summed E-state index contributed by atoms with van der Waals surface area (Å²) in [6.07, 6.45) is 5.10. The van der Waals surface area contributed by atoms with Gasteiger partial charge < -0.3 is 4.74 Å². The van der Waals surface area contributed by atoms with Gasteiger partial charge in [0.15, 0.2) is 0 Å². The summed E-state index contributed by atoms with van der Waals surface area (Å²) >= 11 is 0. The first-order valence-electron chi connectivity index (χ1n) is 10.7. The van der Waals surface area contributed by atoms with Crippen LogP contribution in [0.1, 0.15) is 56.1 Å². The third-order valence-electron chi connectivity index (χ3n) is 5.64. The van der Waals surface area contributed by atoms with E-state index >= 15 is 0 Å². The highest BCUT2D eigenvalue weighted by Gasteiger charge is 2.31. The van der Waals surface area contributed by atoms with Crippen molar-refractivity contribution in [2.45, 2.75) is 44.9 Å². The highest BCUT2D eigenvalue weighted by molar-refractivity contribution is 7.88. The third-order valence-corrected chi connectivity index (χ3v) is 6.91. The Balaban J connectivity index is 1.54. The Bertz CT molecular complexity index is 953. The number of fused-ring (bicyclic) bond motifs is 2. The van der Waals surface area contributed by atoms with E-state index in [0.29, 0.717) is 26.1 Å². The van der Waals surface area contributed by atoms with Crippen molar-refractivity contribution >= 4 is 16.0 Å². The van der Waals surface area contributed by atoms with Crippen LogP contribution in [-0.4, -0.2) is 44.6 Å². The number of carbonyl (C=O) groups is 1. The van der Waals surface area contributed by atoms with Crippen LogP contribution in [0.15, 0.2) is 48.5 Å². The number of ether oxygens (including phenoxy) is 1. The summed E-state index contributed by atoms with van der Waals surface area (Å²) in [4.78, 5) is 11.4. The van der Waals surface area contributed by atoms with E-state index < -0.39 is 10.0 Å². The number of benzene rings is 2. The zero-order valence-electron chi connectivity index (χ0n) is 17.8. The second-order valence-electron chi connectivity index (χ2n) is 7.86. The van der Waals surface area contributed by atoms with E-state index in [4.69, 9.17) is 4.74 Å². The smallest absolute Gasteiger partial charge is 0.305 e. The molecule has 0 radical (unpaired) electrons. The normalized spacial score (nSPS) is 15.1. The maximum Gasteiger partial charge on any atom is 0.305 e. The number of nitrogens with zero attached hydrogens (tertiary/aromatic N) is 1. The number of carbonyl (C=O) groups excluding carboxylic acids is 1. The molecular weight excluding hydrogens is 398 g/mol. The molecule has 5 nitrogen and oxygen atoms in total. The summed E-state index contributed by atoms with van der Waals surface area (Å²) in [7, 11) is -3.28. The molecule has 2 aromatic rings. The van der Waals surface area contributed by atoms with Gasteiger partial charge in [-0.1, -0.05) is 61.4 Å². The van der Waals surface area contributed by atoms with Gasteiger partial charge in [-0.15, -0.1) is 0 Å². The summed E-state index contributed by atoms with van der Waals surface area (Å²) in [5.41, 5.74) is 4.77. The van der Waals surface area contributed by atoms with Crippen LogP contribution in [-0.2, 0) is 19.6 Å². The van der Waals surface area contributed by atoms with Crippen LogP contribution in [0.5, 0.6) is 0 Å². The average Bonchev–Trinajstić information content (AvgIpc) is 2.72. The lowest BCUT2D eigenvalue weighted by Gasteiger charge is -2.34. The van der Waals surface area contributed by atoms with E-state index in [1.165, 1.54) is 22.9 Å². The number of hydrogen-bond acceptors (Lipinski definition) is 4. The van der Waals surface area contributed by atoms with Gasteiger partial charge in [-0.05, 0) is 42.0 Å². The van der Waals surface area contributed by atoms with Crippen LogP contribution in [0.2, 0.25) is 0 Å². The molecule has 162 valence electrons. The van der Waals surface area contributed by atoms with E-state index in [0.717, 1.165) is 31.2 Å². The third kappa shape index (κ3) is 5.70. The van der Waals surface area contributed by atoms with Crippen molar-refractivity contribution in [1.82, 2.24) is 4.31 Å². The lowest BCUT2D eigenvalue weighted by atomic mass is 9.76. The molecule has 2 aliphatic carbocycles. The topological polar surface area (TPSA) is 63.7 Å². The molecule has 0 aliphatic heterocycles. The Labute approximate surface area is 180 Å². The molecule has 2 aliphatic rings. The molecule has 0 N–H and O–H groups in total. The average molecular weight is 430 g/mol. The molecule has 0 aromatic heterocycles. The highest BCUT2D eigenvalue weighted by Crippen LogP contribution is 2.43. The van der Waals surface area contributed by atoms with E-state index in [-0.39, 0.29) is 11.9 Å². The predicted octanol–water partition coefficient (Wildman–Crippen LogP) is 4.57. The van der Waals surface area contributed by atoms with E-state index in [9.17, 15) is 13.2 Å². The van der Waals surface area contributed by atoms with Crippen molar-refractivity contribution in [3.63, 3.8) is 0 Å². The second-order valence-corrected chi connectivity index (χ2v) is 9.84. The van der Waals surface area contributed by atoms with Crippen molar-refractivity contribution in [1.29, 1.82) is 0 Å². The van der Waals surface area contributed by atoms with Gasteiger partial charge in [0.25, 0.3) is 0 Å². The van der Waals surface area contributed by atoms with Crippen molar-refractivity contribution in [3.8, 4) is 11.1 Å². The molecule has 2 aromatic carbocycles. The fourth-order valence-corrected chi connectivity index (χ4v) is 4.87. The van der Waals surface area contributed by atoms with Gasteiger partial charge in [0, 0.05) is 25.4 Å². The lowest BCUT2D eigenvalue weighted by molar-refractivity contribution is -0.143. The van der Waals surface area contributed by atoms with Crippen LogP contribution in [0.4, 0.5) is 0 Å². The molecule has 1 unspecified atom stereocenters. The molecule has 0 fully saturated rings. The number of esters is 1. The number of hydrogen-bond donors (Lipinski definition) is 0. The van der Waals surface area contributed by atoms with Crippen molar-refractivity contribution < 1.29 is 17.9 Å². The number of unbranched alkanes of at least 4 members (excludes halogenated alkanes) is 3. The Morgan fingerprint density at radius 1 is 1.03 bits per heavy atom. The van der Waals surface area contributed by atoms with Gasteiger partial charge in [-0.2, -0.15) is 0 Å². The van der Waals surface area contributed by atoms with Crippen LogP contribution < -0.4 is 0 Å². The molecule has 4 rings (SSSR count). The lowest BCUT2D eigenvalue weighted by Crippen LogP contribution is -2.37. The molecule has 0 heterocycles. The molecule has 0 saturated heterocycles. The van der Waals surface area contributed by atoms with Crippen LogP contribution >= 0.6 is 0 Å². The first-order chi connectivity index (χ1) is 14.4. The van der Waals surface area contributed by atoms with Crippen molar-refractivity contribution in [2.75, 3.05) is 26.0 Å². The molecule has 0 spiro atoms. The SMILES string of the molecule is CCOC(=O)CCCCCCN(CC1c2ccc(-c3ccccc3)c1c2)S(C)(=O)=O. The molecule has 6 heteroatoms. The first kappa shape index (κ1) is 22.5. The quantitative estimate of drug-likeness (QED) is 0.366. The van der Waals surface area contributed by atoms with Gasteiger partial charge in [-0.3, -0.25) is 4.79 Å². The molecule has 30 heavy (non-hydrogen) atoms. The molecular formula is C24H31NO4S. The minimum absolute atomic E-state index is 0.142. The fraction of sp³-hybridized carbons (Fsp3) is 0.458. The van der Waals surface area contributed by atoms with E-state index in [1.54, 1.807) is 11.2 Å². The van der Waals surface area contributed by atoms with E-state index in [1.807, 2.05) is 18.2 Å². The Hall–Kier alpha value is -2.18. The standard InChI is InChI=1S/C24H31NO4S/c1-3-29-24(26)13-9-4-5-10-16-25(30(2,27)28)18-23-20-14-15-21(22(23)17-20)19-11-7-6-8-12-19/h6-8,11-12,14-15,17,23H,3-5,9-10,13,16,18H2,1-2H3. The molecule has 1 atom stereocenters. The molecule has 0 amide bonds. The van der Waals surface area contributed by atoms with Crippen LogP contribution in [0.25, 0.3) is 11.1 Å². The van der Waals surface area contributed by atoms with Gasteiger partial charge in [0.1, 0.15) is 0 Å². The minimum atomic E-state index is -3.28. The van der Waals surface area contributed by atoms with Gasteiger partial charge >= 0.3 is 5.97 Å². The zero-order valence-corrected chi connectivity index (χ0v) is 18.7. The summed E-state index contributed by atoms with van der Waals surface area (Å²) in [5, 5.41) is 0. The van der Waals surface area contributed by atoms with Crippen LogP contribution in [0, 0.1) is 0 Å². The largest absolute Gasteiger partial charge is 0.466 e. The maximum absolute atomic E-state index is 12.4. The van der Waals surface area contributed by atoms with Gasteiger partial charge in [-0.25, -0.2) is 12.7 Å². The minimum Gasteiger partial charge on any atom is -0.466 e. The van der Waals surface area contributed by atoms with Crippen molar-refractivity contribution in [3.05, 3.63) is 59.7 Å². The first-order valence-corrected chi connectivity index (χ1v) is 12.5. The van der Waals surface area contributed by atoms with Gasteiger partial charge in [0.2, 0.25) is 10.0 Å². The number of rotatable bonds is 12. The van der Waals surface area contributed by atoms with E-state index in [2.05, 4.69) is 30.3 Å². The molecule has 0 saturated carbocycles. The van der Waals surface area contributed by atoms with Crippen molar-refractivity contribution in [2.24, 2.45) is 0 Å². The maximum atomic E-state index is 12.4. The zero-order chi connectivity index (χ0) is 21.6. The summed E-state index contributed by atoms with van der Waals surface area (Å²) < 4.78 is 31.3. The Kier molecular flexibility index (Phi) is 7.67. The number of sulfonamides is 1. The summed E-state index contributed by atoms with van der Waals surface area (Å²) in [6.45, 7) is 3.22. The molecule has 2 bridgehead atoms. The summed E-state index contributed by atoms with van der Waals surface area (Å²) in [6, 6.07) is 16.6.